The Morgan fingerprint density at radius 3 is 2.76 bits per heavy atom. The molecule has 1 rings (SSSR count). The first-order chi connectivity index (χ1) is 7.88. The number of hydrogen-bond acceptors (Lipinski definition) is 4. The minimum Gasteiger partial charge on any atom is -0.382 e. The molecule has 1 unspecified atom stereocenters. The monoisotopic (exact) mass is 260 g/mol. The smallest absolute Gasteiger partial charge is 0.117 e. The van der Waals surface area contributed by atoms with Crippen LogP contribution in [0.4, 0.5) is 0 Å². The van der Waals surface area contributed by atoms with E-state index in [9.17, 15) is 5.11 Å². The molecule has 1 aromatic rings. The number of hydrogen-bond donors (Lipinski definition) is 2. The molecule has 0 spiro atoms. The lowest BCUT2D eigenvalue weighted by Crippen LogP contribution is -2.36. The molecule has 0 aromatic carbocycles. The lowest BCUT2D eigenvalue weighted by Gasteiger charge is -2.25. The summed E-state index contributed by atoms with van der Waals surface area (Å²) in [6.45, 7) is 3.72. The van der Waals surface area contributed by atoms with E-state index in [1.165, 1.54) is 0 Å². The fraction of sp³-hybridized carbons (Fsp3) is 0.727. The first kappa shape index (κ1) is 14.4. The lowest BCUT2D eigenvalue weighted by molar-refractivity contribution is 0.0492. The van der Waals surface area contributed by atoms with E-state index < -0.39 is 5.60 Å². The van der Waals surface area contributed by atoms with Crippen molar-refractivity contribution in [2.24, 2.45) is 0 Å². The van der Waals surface area contributed by atoms with Gasteiger partial charge in [-0.1, -0.05) is 11.6 Å². The Kier molecular flexibility index (Phi) is 4.94. The minimum atomic E-state index is -1.02. The van der Waals surface area contributed by atoms with Gasteiger partial charge in [0.15, 0.2) is 0 Å². The van der Waals surface area contributed by atoms with E-state index in [4.69, 9.17) is 11.6 Å². The van der Waals surface area contributed by atoms with Crippen molar-refractivity contribution >= 4 is 11.6 Å². The normalized spacial score (nSPS) is 15.2. The Hall–Kier alpha value is -0.620. The van der Waals surface area contributed by atoms with Crippen LogP contribution in [0.1, 0.15) is 12.6 Å². The molecule has 0 radical (unpaired) electrons. The van der Waals surface area contributed by atoms with Crippen LogP contribution in [0.2, 0.25) is 5.02 Å². The van der Waals surface area contributed by atoms with E-state index in [1.807, 2.05) is 14.1 Å². The van der Waals surface area contributed by atoms with Gasteiger partial charge in [0.2, 0.25) is 0 Å². The molecule has 0 aliphatic heterocycles. The number of nitrogens with zero attached hydrogens (tertiary/aromatic N) is 3. The molecule has 0 aliphatic carbocycles. The van der Waals surface area contributed by atoms with E-state index in [0.29, 0.717) is 23.8 Å². The van der Waals surface area contributed by atoms with Crippen molar-refractivity contribution in [3.8, 4) is 0 Å². The maximum absolute atomic E-state index is 10.4. The average molecular weight is 261 g/mol. The maximum Gasteiger partial charge on any atom is 0.117 e. The molecule has 17 heavy (non-hydrogen) atoms. The molecule has 0 aliphatic rings. The van der Waals surface area contributed by atoms with E-state index in [0.717, 1.165) is 6.54 Å². The molecule has 6 heteroatoms. The summed E-state index contributed by atoms with van der Waals surface area (Å²) in [5.41, 5.74) is -0.357. The lowest BCUT2D eigenvalue weighted by atomic mass is 10.0. The number of halogens is 1. The summed E-state index contributed by atoms with van der Waals surface area (Å²) in [5, 5.41) is 18.0. The Morgan fingerprint density at radius 1 is 1.59 bits per heavy atom. The van der Waals surface area contributed by atoms with Gasteiger partial charge >= 0.3 is 0 Å². The van der Waals surface area contributed by atoms with Crippen molar-refractivity contribution in [3.63, 3.8) is 0 Å². The third-order valence-electron chi connectivity index (χ3n) is 2.58. The summed E-state index contributed by atoms with van der Waals surface area (Å²) in [7, 11) is 5.79. The molecule has 0 saturated heterocycles. The van der Waals surface area contributed by atoms with Crippen LogP contribution >= 0.6 is 11.6 Å². The second-order valence-corrected chi connectivity index (χ2v) is 5.08. The van der Waals surface area contributed by atoms with Crippen LogP contribution in [0.25, 0.3) is 0 Å². The SMILES string of the molecule is CNCC(C)(O)c1c(Cl)cnn1CCN(C)C. The molecular weight excluding hydrogens is 240 g/mol. The summed E-state index contributed by atoms with van der Waals surface area (Å²) in [6, 6.07) is 0. The molecule has 5 nitrogen and oxygen atoms in total. The van der Waals surface area contributed by atoms with Gasteiger partial charge in [0, 0.05) is 13.1 Å². The third-order valence-corrected chi connectivity index (χ3v) is 2.86. The quantitative estimate of drug-likeness (QED) is 0.783. The van der Waals surface area contributed by atoms with E-state index >= 15 is 0 Å². The zero-order valence-corrected chi connectivity index (χ0v) is 11.6. The molecule has 98 valence electrons. The van der Waals surface area contributed by atoms with Crippen LogP contribution in [0.5, 0.6) is 0 Å². The predicted molar refractivity (Wildman–Crippen MR) is 69.3 cm³/mol. The van der Waals surface area contributed by atoms with Crippen LogP contribution < -0.4 is 5.32 Å². The van der Waals surface area contributed by atoms with Gasteiger partial charge in [-0.05, 0) is 28.1 Å². The van der Waals surface area contributed by atoms with Crippen LogP contribution in [-0.2, 0) is 12.1 Å². The summed E-state index contributed by atoms with van der Waals surface area (Å²) < 4.78 is 1.76. The summed E-state index contributed by atoms with van der Waals surface area (Å²) in [6.07, 6.45) is 1.58. The van der Waals surface area contributed by atoms with Gasteiger partial charge in [-0.2, -0.15) is 5.10 Å². The van der Waals surface area contributed by atoms with E-state index in [1.54, 1.807) is 24.9 Å². The van der Waals surface area contributed by atoms with Crippen LogP contribution in [0.15, 0.2) is 6.20 Å². The number of likely N-dealkylation sites (N-methyl/N-ethyl adjacent to an activating group) is 2. The van der Waals surface area contributed by atoms with E-state index in [-0.39, 0.29) is 0 Å². The van der Waals surface area contributed by atoms with Crippen LogP contribution in [0, 0.1) is 0 Å². The number of nitrogens with one attached hydrogen (secondary N) is 1. The zero-order valence-electron chi connectivity index (χ0n) is 10.9. The van der Waals surface area contributed by atoms with Crippen molar-refractivity contribution in [2.45, 2.75) is 19.1 Å². The van der Waals surface area contributed by atoms with Gasteiger partial charge in [0.05, 0.1) is 23.5 Å². The van der Waals surface area contributed by atoms with Crippen LogP contribution in [0.3, 0.4) is 0 Å². The Bertz CT molecular complexity index is 362. The number of aliphatic hydroxyl groups is 1. The molecule has 0 amide bonds. The summed E-state index contributed by atoms with van der Waals surface area (Å²) in [5.74, 6) is 0. The summed E-state index contributed by atoms with van der Waals surface area (Å²) in [4.78, 5) is 2.06. The minimum absolute atomic E-state index is 0.431. The van der Waals surface area contributed by atoms with Crippen molar-refractivity contribution in [2.75, 3.05) is 34.2 Å². The number of rotatable bonds is 6. The first-order valence-electron chi connectivity index (χ1n) is 5.62. The molecular formula is C11H21ClN4O. The fourth-order valence-electron chi connectivity index (χ4n) is 1.79. The van der Waals surface area contributed by atoms with Crippen molar-refractivity contribution in [1.82, 2.24) is 20.0 Å². The van der Waals surface area contributed by atoms with Gasteiger partial charge in [0.1, 0.15) is 5.60 Å². The molecule has 1 heterocycles. The Morgan fingerprint density at radius 2 is 2.24 bits per heavy atom. The second kappa shape index (κ2) is 5.82. The van der Waals surface area contributed by atoms with Gasteiger partial charge in [0.25, 0.3) is 0 Å². The molecule has 1 aromatic heterocycles. The fourth-order valence-corrected chi connectivity index (χ4v) is 2.13. The third kappa shape index (κ3) is 3.67. The Balaban J connectivity index is 2.93. The Labute approximate surface area is 107 Å². The van der Waals surface area contributed by atoms with Gasteiger partial charge in [-0.3, -0.25) is 4.68 Å². The topological polar surface area (TPSA) is 53.3 Å². The van der Waals surface area contributed by atoms with E-state index in [2.05, 4.69) is 15.3 Å². The first-order valence-corrected chi connectivity index (χ1v) is 6.00. The predicted octanol–water partition coefficient (Wildman–Crippen LogP) is 0.525. The van der Waals surface area contributed by atoms with Gasteiger partial charge in [-0.25, -0.2) is 0 Å². The molecule has 2 N–H and O–H groups in total. The van der Waals surface area contributed by atoms with Crippen molar-refractivity contribution < 1.29 is 5.11 Å². The molecule has 0 saturated carbocycles. The van der Waals surface area contributed by atoms with Crippen molar-refractivity contribution in [3.05, 3.63) is 16.9 Å². The second-order valence-electron chi connectivity index (χ2n) is 4.67. The largest absolute Gasteiger partial charge is 0.382 e. The average Bonchev–Trinajstić information content (AvgIpc) is 2.57. The summed E-state index contributed by atoms with van der Waals surface area (Å²) >= 11 is 6.10. The maximum atomic E-state index is 10.4. The highest BCUT2D eigenvalue weighted by Gasteiger charge is 2.29. The number of aromatic nitrogens is 2. The van der Waals surface area contributed by atoms with Crippen LogP contribution in [-0.4, -0.2) is 54.0 Å². The van der Waals surface area contributed by atoms with Gasteiger partial charge in [-0.15, -0.1) is 0 Å². The molecule has 0 bridgehead atoms. The highest BCUT2D eigenvalue weighted by atomic mass is 35.5. The zero-order chi connectivity index (χ0) is 13.1. The van der Waals surface area contributed by atoms with Gasteiger partial charge < -0.3 is 15.3 Å². The molecule has 1 atom stereocenters. The molecule has 0 fully saturated rings. The highest BCUT2D eigenvalue weighted by molar-refractivity contribution is 6.31. The van der Waals surface area contributed by atoms with Crippen molar-refractivity contribution in [1.29, 1.82) is 0 Å². The standard InChI is InChI=1S/C11H21ClN4O/c1-11(17,8-13-2)10-9(12)7-14-16(10)6-5-15(3)4/h7,13,17H,5-6,8H2,1-4H3. The highest BCUT2D eigenvalue weighted by Crippen LogP contribution is 2.27.